The van der Waals surface area contributed by atoms with E-state index < -0.39 is 0 Å². The molecule has 1 aromatic rings. The molecule has 2 rings (SSSR count). The molecule has 1 aliphatic rings. The highest BCUT2D eigenvalue weighted by Gasteiger charge is 2.20. The molecular weight excluding hydrogens is 280 g/mol. The molecule has 0 heterocycles. The van der Waals surface area contributed by atoms with Gasteiger partial charge >= 0.3 is 5.97 Å². The average molecular weight is 304 g/mol. The summed E-state index contributed by atoms with van der Waals surface area (Å²) in [6.45, 7) is 2.27. The van der Waals surface area contributed by atoms with Crippen molar-refractivity contribution in [1.29, 1.82) is 0 Å². The molecule has 0 N–H and O–H groups in total. The van der Waals surface area contributed by atoms with Crippen molar-refractivity contribution in [3.8, 4) is 11.5 Å². The van der Waals surface area contributed by atoms with Gasteiger partial charge in [0, 0.05) is 5.57 Å². The maximum absolute atomic E-state index is 12.1. The molecule has 0 radical (unpaired) electrons. The van der Waals surface area contributed by atoms with Crippen molar-refractivity contribution >= 4 is 5.97 Å². The van der Waals surface area contributed by atoms with E-state index in [9.17, 15) is 4.79 Å². The van der Waals surface area contributed by atoms with Gasteiger partial charge in [-0.2, -0.15) is 0 Å². The number of hydrogen-bond acceptors (Lipinski definition) is 4. The van der Waals surface area contributed by atoms with E-state index in [0.29, 0.717) is 12.4 Å². The molecule has 0 aromatic heterocycles. The number of ether oxygens (including phenoxy) is 3. The molecule has 0 saturated carbocycles. The first kappa shape index (κ1) is 16.4. The monoisotopic (exact) mass is 304 g/mol. The highest BCUT2D eigenvalue weighted by atomic mass is 16.5. The second kappa shape index (κ2) is 7.87. The Balaban J connectivity index is 2.24. The number of rotatable bonds is 6. The van der Waals surface area contributed by atoms with Gasteiger partial charge < -0.3 is 14.2 Å². The van der Waals surface area contributed by atoms with E-state index in [1.807, 2.05) is 25.1 Å². The Morgan fingerprint density at radius 2 is 1.82 bits per heavy atom. The Kier molecular flexibility index (Phi) is 5.87. The van der Waals surface area contributed by atoms with Crippen LogP contribution in [0.3, 0.4) is 0 Å². The summed E-state index contributed by atoms with van der Waals surface area (Å²) < 4.78 is 15.8. The van der Waals surface area contributed by atoms with E-state index in [0.717, 1.165) is 49.0 Å². The lowest BCUT2D eigenvalue weighted by atomic mass is 9.88. The van der Waals surface area contributed by atoms with E-state index in [1.165, 1.54) is 5.57 Å². The largest absolute Gasteiger partial charge is 0.493 e. The third-order valence-electron chi connectivity index (χ3n) is 3.97. The molecule has 4 nitrogen and oxygen atoms in total. The Bertz CT molecular complexity index is 560. The van der Waals surface area contributed by atoms with Gasteiger partial charge in [-0.25, -0.2) is 4.79 Å². The Hall–Kier alpha value is -1.97. The second-order valence-corrected chi connectivity index (χ2v) is 5.38. The van der Waals surface area contributed by atoms with Gasteiger partial charge in [-0.05, 0) is 56.7 Å². The van der Waals surface area contributed by atoms with Crippen molar-refractivity contribution in [3.05, 3.63) is 34.9 Å². The number of carbonyl (C=O) groups is 1. The van der Waals surface area contributed by atoms with Crippen LogP contribution in [0.5, 0.6) is 11.5 Å². The molecule has 0 saturated heterocycles. The van der Waals surface area contributed by atoms with Crippen molar-refractivity contribution in [2.75, 3.05) is 20.8 Å². The first-order valence-electron chi connectivity index (χ1n) is 7.78. The predicted octanol–water partition coefficient (Wildman–Crippen LogP) is 3.68. The summed E-state index contributed by atoms with van der Waals surface area (Å²) in [5.41, 5.74) is 3.18. The number of esters is 1. The van der Waals surface area contributed by atoms with Gasteiger partial charge in [-0.3, -0.25) is 0 Å². The van der Waals surface area contributed by atoms with Crippen LogP contribution in [0.4, 0.5) is 0 Å². The maximum Gasteiger partial charge on any atom is 0.333 e. The maximum atomic E-state index is 12.1. The summed E-state index contributed by atoms with van der Waals surface area (Å²) in [4.78, 5) is 12.1. The van der Waals surface area contributed by atoms with Gasteiger partial charge in [0.2, 0.25) is 0 Å². The third kappa shape index (κ3) is 3.81. The lowest BCUT2D eigenvalue weighted by molar-refractivity contribution is -0.138. The lowest BCUT2D eigenvalue weighted by Gasteiger charge is -2.20. The van der Waals surface area contributed by atoms with Crippen molar-refractivity contribution in [3.63, 3.8) is 0 Å². The van der Waals surface area contributed by atoms with Gasteiger partial charge in [0.15, 0.2) is 11.5 Å². The number of allylic oxidation sites excluding steroid dienone is 1. The topological polar surface area (TPSA) is 44.8 Å². The molecule has 1 aliphatic carbocycles. The fourth-order valence-electron chi connectivity index (χ4n) is 2.86. The molecule has 0 spiro atoms. The molecule has 0 bridgehead atoms. The predicted molar refractivity (Wildman–Crippen MR) is 85.4 cm³/mol. The second-order valence-electron chi connectivity index (χ2n) is 5.38. The summed E-state index contributed by atoms with van der Waals surface area (Å²) in [6, 6.07) is 5.90. The summed E-state index contributed by atoms with van der Waals surface area (Å²) >= 11 is 0. The number of benzene rings is 1. The molecule has 0 unspecified atom stereocenters. The average Bonchev–Trinajstić information content (AvgIpc) is 2.55. The van der Waals surface area contributed by atoms with Gasteiger partial charge in [0.1, 0.15) is 0 Å². The molecule has 0 fully saturated rings. The number of carbonyl (C=O) groups excluding carboxylic acids is 1. The highest BCUT2D eigenvalue weighted by molar-refractivity contribution is 5.89. The standard InChI is InChI=1S/C18H24O4/c1-4-22-18(19)15-8-6-5-7-14(15)11-13-9-10-16(20-2)17(12-13)21-3/h9-10,12H,4-8,11H2,1-3H3. The minimum Gasteiger partial charge on any atom is -0.493 e. The van der Waals surface area contributed by atoms with Crippen LogP contribution in [0.1, 0.15) is 38.2 Å². The van der Waals surface area contributed by atoms with Crippen molar-refractivity contribution < 1.29 is 19.0 Å². The van der Waals surface area contributed by atoms with Gasteiger partial charge in [-0.15, -0.1) is 0 Å². The lowest BCUT2D eigenvalue weighted by Crippen LogP contribution is -2.14. The van der Waals surface area contributed by atoms with Gasteiger partial charge in [0.25, 0.3) is 0 Å². The third-order valence-corrected chi connectivity index (χ3v) is 3.97. The molecule has 4 heteroatoms. The number of methoxy groups -OCH3 is 2. The van der Waals surface area contributed by atoms with Crippen LogP contribution in [0, 0.1) is 0 Å². The summed E-state index contributed by atoms with van der Waals surface area (Å²) in [7, 11) is 3.26. The SMILES string of the molecule is CCOC(=O)C1=C(Cc2ccc(OC)c(OC)c2)CCCC1. The van der Waals surface area contributed by atoms with Gasteiger partial charge in [-0.1, -0.05) is 11.6 Å². The fourth-order valence-corrected chi connectivity index (χ4v) is 2.86. The van der Waals surface area contributed by atoms with E-state index in [1.54, 1.807) is 14.2 Å². The summed E-state index contributed by atoms with van der Waals surface area (Å²) in [5, 5.41) is 0. The Morgan fingerprint density at radius 1 is 1.09 bits per heavy atom. The molecule has 22 heavy (non-hydrogen) atoms. The zero-order valence-electron chi connectivity index (χ0n) is 13.6. The molecule has 0 amide bonds. The fraction of sp³-hybridized carbons (Fsp3) is 0.500. The minimum absolute atomic E-state index is 0.155. The summed E-state index contributed by atoms with van der Waals surface area (Å²) in [6.07, 6.45) is 4.73. The van der Waals surface area contributed by atoms with E-state index >= 15 is 0 Å². The quantitative estimate of drug-likeness (QED) is 0.752. The first-order chi connectivity index (χ1) is 10.7. The summed E-state index contributed by atoms with van der Waals surface area (Å²) in [5.74, 6) is 1.28. The normalized spacial score (nSPS) is 14.7. The van der Waals surface area contributed by atoms with Crippen molar-refractivity contribution in [1.82, 2.24) is 0 Å². The smallest absolute Gasteiger partial charge is 0.333 e. The zero-order valence-corrected chi connectivity index (χ0v) is 13.6. The van der Waals surface area contributed by atoms with Crippen LogP contribution in [0.25, 0.3) is 0 Å². The molecular formula is C18H24O4. The molecule has 120 valence electrons. The first-order valence-corrected chi connectivity index (χ1v) is 7.78. The molecule has 0 aliphatic heterocycles. The van der Waals surface area contributed by atoms with Crippen molar-refractivity contribution in [2.45, 2.75) is 39.0 Å². The van der Waals surface area contributed by atoms with Crippen LogP contribution >= 0.6 is 0 Å². The highest BCUT2D eigenvalue weighted by Crippen LogP contribution is 2.32. The van der Waals surface area contributed by atoms with E-state index in [2.05, 4.69) is 0 Å². The van der Waals surface area contributed by atoms with Crippen LogP contribution < -0.4 is 9.47 Å². The zero-order chi connectivity index (χ0) is 15.9. The van der Waals surface area contributed by atoms with Crippen LogP contribution in [0.15, 0.2) is 29.3 Å². The minimum atomic E-state index is -0.155. The number of hydrogen-bond donors (Lipinski definition) is 0. The van der Waals surface area contributed by atoms with E-state index in [-0.39, 0.29) is 5.97 Å². The molecule has 1 aromatic carbocycles. The Labute approximate surface area is 132 Å². The van der Waals surface area contributed by atoms with Crippen LogP contribution in [0.2, 0.25) is 0 Å². The van der Waals surface area contributed by atoms with Crippen LogP contribution in [-0.4, -0.2) is 26.8 Å². The Morgan fingerprint density at radius 3 is 2.50 bits per heavy atom. The molecule has 0 atom stereocenters. The van der Waals surface area contributed by atoms with Gasteiger partial charge in [0.05, 0.1) is 20.8 Å². The van der Waals surface area contributed by atoms with E-state index in [4.69, 9.17) is 14.2 Å². The van der Waals surface area contributed by atoms with Crippen LogP contribution in [-0.2, 0) is 16.0 Å². The van der Waals surface area contributed by atoms with Crippen molar-refractivity contribution in [2.24, 2.45) is 0 Å².